The van der Waals surface area contributed by atoms with Crippen molar-refractivity contribution in [3.8, 4) is 6.07 Å². The first-order valence-electron chi connectivity index (χ1n) is 5.66. The lowest BCUT2D eigenvalue weighted by molar-refractivity contribution is 0.955. The Labute approximate surface area is 110 Å². The fourth-order valence-electron chi connectivity index (χ4n) is 1.92. The van der Waals surface area contributed by atoms with Crippen LogP contribution in [0.5, 0.6) is 0 Å². The molecule has 17 heavy (non-hydrogen) atoms. The van der Waals surface area contributed by atoms with Gasteiger partial charge in [-0.3, -0.25) is 4.99 Å². The summed E-state index contributed by atoms with van der Waals surface area (Å²) in [6.07, 6.45) is 4.45. The van der Waals surface area contributed by atoms with Crippen molar-refractivity contribution in [1.82, 2.24) is 0 Å². The molecule has 3 heteroatoms. The van der Waals surface area contributed by atoms with Crippen molar-refractivity contribution in [2.24, 2.45) is 4.99 Å². The van der Waals surface area contributed by atoms with Crippen molar-refractivity contribution in [2.45, 2.75) is 19.3 Å². The van der Waals surface area contributed by atoms with E-state index in [-0.39, 0.29) is 0 Å². The van der Waals surface area contributed by atoms with Crippen LogP contribution in [0.1, 0.15) is 24.0 Å². The lowest BCUT2D eigenvalue weighted by atomic mass is 9.93. The zero-order valence-corrected chi connectivity index (χ0v) is 11.1. The first-order valence-corrected chi connectivity index (χ1v) is 6.46. The van der Waals surface area contributed by atoms with Crippen LogP contribution in [0.15, 0.2) is 34.8 Å². The summed E-state index contributed by atoms with van der Waals surface area (Å²) in [5.74, 6) is 0. The van der Waals surface area contributed by atoms with Crippen molar-refractivity contribution < 1.29 is 0 Å². The molecule has 0 aromatic heterocycles. The molecule has 0 radical (unpaired) electrons. The predicted octanol–water partition coefficient (Wildman–Crippen LogP) is 3.72. The van der Waals surface area contributed by atoms with Gasteiger partial charge in [-0.25, -0.2) is 0 Å². The Balaban J connectivity index is 2.20. The van der Waals surface area contributed by atoms with Gasteiger partial charge >= 0.3 is 0 Å². The van der Waals surface area contributed by atoms with E-state index in [9.17, 15) is 0 Å². The first-order chi connectivity index (χ1) is 8.33. The summed E-state index contributed by atoms with van der Waals surface area (Å²) in [5.41, 5.74) is 3.87. The van der Waals surface area contributed by atoms with Crippen molar-refractivity contribution in [3.63, 3.8) is 0 Å². The van der Waals surface area contributed by atoms with Gasteiger partial charge in [0.15, 0.2) is 0 Å². The molecule has 1 aliphatic rings. The maximum absolute atomic E-state index is 8.44. The van der Waals surface area contributed by atoms with E-state index in [4.69, 9.17) is 5.26 Å². The second-order valence-corrected chi connectivity index (χ2v) is 4.73. The minimum Gasteiger partial charge on any atom is -0.292 e. The molecule has 1 aromatic carbocycles. The second-order valence-electron chi connectivity index (χ2n) is 3.94. The Kier molecular flexibility index (Phi) is 4.11. The van der Waals surface area contributed by atoms with E-state index >= 15 is 0 Å². The number of allylic oxidation sites excluding steroid dienone is 1. The molecule has 0 saturated carbocycles. The molecule has 0 amide bonds. The van der Waals surface area contributed by atoms with Gasteiger partial charge in [-0.15, -0.1) is 0 Å². The summed E-state index contributed by atoms with van der Waals surface area (Å²) in [6.45, 7) is 0.585. The predicted molar refractivity (Wildman–Crippen MR) is 74.2 cm³/mol. The van der Waals surface area contributed by atoms with E-state index in [1.54, 1.807) is 0 Å². The quantitative estimate of drug-likeness (QED) is 0.617. The second kappa shape index (κ2) is 5.79. The normalized spacial score (nSPS) is 14.8. The average Bonchev–Trinajstić information content (AvgIpc) is 2.37. The minimum atomic E-state index is 0.484. The largest absolute Gasteiger partial charge is 0.292 e. The molecule has 0 saturated heterocycles. The highest BCUT2D eigenvalue weighted by molar-refractivity contribution is 9.15. The van der Waals surface area contributed by atoms with Gasteiger partial charge in [-0.2, -0.15) is 5.26 Å². The maximum Gasteiger partial charge on any atom is 0.0641 e. The third-order valence-electron chi connectivity index (χ3n) is 2.80. The van der Waals surface area contributed by atoms with Crippen LogP contribution < -0.4 is 0 Å². The summed E-state index contributed by atoms with van der Waals surface area (Å²) in [4.78, 5) is 4.27. The van der Waals surface area contributed by atoms with Crippen LogP contribution in [0.3, 0.4) is 0 Å². The molecular formula is C14H13BrN2. The van der Waals surface area contributed by atoms with Crippen LogP contribution in [-0.2, 0) is 6.42 Å². The smallest absolute Gasteiger partial charge is 0.0641 e. The maximum atomic E-state index is 8.44. The number of nitriles is 1. The van der Waals surface area contributed by atoms with Crippen LogP contribution in [-0.4, -0.2) is 12.8 Å². The Hall–Kier alpha value is -1.40. The monoisotopic (exact) mass is 288 g/mol. The SMILES string of the molecule is N#CCCN=CC1=C(Br)c2ccccc2CC1. The van der Waals surface area contributed by atoms with Gasteiger partial charge in [0, 0.05) is 10.7 Å². The molecule has 2 rings (SSSR count). The standard InChI is InChI=1S/C14H13BrN2/c15-14-12(10-17-9-3-8-16)7-6-11-4-1-2-5-13(11)14/h1-2,4-5,10H,3,6-7,9H2. The number of nitrogens with zero attached hydrogens (tertiary/aromatic N) is 2. The third kappa shape index (κ3) is 2.83. The van der Waals surface area contributed by atoms with Crippen molar-refractivity contribution in [3.05, 3.63) is 41.0 Å². The minimum absolute atomic E-state index is 0.484. The number of rotatable bonds is 3. The molecule has 0 aliphatic heterocycles. The Morgan fingerprint density at radius 1 is 1.35 bits per heavy atom. The number of halogens is 1. The van der Waals surface area contributed by atoms with Gasteiger partial charge in [-0.05, 0) is 45.5 Å². The van der Waals surface area contributed by atoms with Gasteiger partial charge < -0.3 is 0 Å². The van der Waals surface area contributed by atoms with E-state index < -0.39 is 0 Å². The molecule has 1 aliphatic carbocycles. The van der Waals surface area contributed by atoms with E-state index in [0.29, 0.717) is 13.0 Å². The zero-order chi connectivity index (χ0) is 12.1. The lowest BCUT2D eigenvalue weighted by Gasteiger charge is -2.17. The van der Waals surface area contributed by atoms with Crippen LogP contribution in [0.2, 0.25) is 0 Å². The van der Waals surface area contributed by atoms with Crippen molar-refractivity contribution >= 4 is 26.6 Å². The van der Waals surface area contributed by atoms with E-state index in [1.165, 1.54) is 16.7 Å². The summed E-state index contributed by atoms with van der Waals surface area (Å²) in [7, 11) is 0. The highest BCUT2D eigenvalue weighted by Crippen LogP contribution is 2.34. The number of hydrogen-bond donors (Lipinski definition) is 0. The molecule has 0 spiro atoms. The molecule has 0 heterocycles. The highest BCUT2D eigenvalue weighted by Gasteiger charge is 2.14. The first kappa shape index (κ1) is 12.1. The zero-order valence-electron chi connectivity index (χ0n) is 9.49. The third-order valence-corrected chi connectivity index (χ3v) is 3.74. The number of aliphatic imine (C=N–C) groups is 1. The van der Waals surface area contributed by atoms with Gasteiger partial charge in [0.25, 0.3) is 0 Å². The molecule has 1 aromatic rings. The molecule has 86 valence electrons. The Morgan fingerprint density at radius 3 is 3.00 bits per heavy atom. The molecule has 0 N–H and O–H groups in total. The van der Waals surface area contributed by atoms with Crippen LogP contribution in [0, 0.1) is 11.3 Å². The molecule has 0 atom stereocenters. The van der Waals surface area contributed by atoms with E-state index in [2.05, 4.69) is 51.3 Å². The molecule has 0 fully saturated rings. The van der Waals surface area contributed by atoms with Gasteiger partial charge in [-0.1, -0.05) is 24.3 Å². The molecule has 0 bridgehead atoms. The summed E-state index contributed by atoms with van der Waals surface area (Å²) < 4.78 is 1.14. The lowest BCUT2D eigenvalue weighted by Crippen LogP contribution is -2.03. The molecular weight excluding hydrogens is 276 g/mol. The van der Waals surface area contributed by atoms with Gasteiger partial charge in [0.05, 0.1) is 19.0 Å². The summed E-state index contributed by atoms with van der Waals surface area (Å²) in [5, 5.41) is 8.44. The highest BCUT2D eigenvalue weighted by atomic mass is 79.9. The Bertz CT molecular complexity index is 509. The van der Waals surface area contributed by atoms with E-state index in [0.717, 1.165) is 17.3 Å². The van der Waals surface area contributed by atoms with Crippen molar-refractivity contribution in [2.75, 3.05) is 6.54 Å². The number of aryl methyl sites for hydroxylation is 1. The number of hydrogen-bond acceptors (Lipinski definition) is 2. The number of benzene rings is 1. The fraction of sp³-hybridized carbons (Fsp3) is 0.286. The van der Waals surface area contributed by atoms with Gasteiger partial charge in [0.1, 0.15) is 0 Å². The van der Waals surface area contributed by atoms with Crippen LogP contribution in [0.4, 0.5) is 0 Å². The topological polar surface area (TPSA) is 36.1 Å². The van der Waals surface area contributed by atoms with E-state index in [1.807, 2.05) is 6.21 Å². The summed E-state index contributed by atoms with van der Waals surface area (Å²) >= 11 is 3.65. The number of fused-ring (bicyclic) bond motifs is 1. The molecule has 0 unspecified atom stereocenters. The molecule has 2 nitrogen and oxygen atoms in total. The van der Waals surface area contributed by atoms with Crippen LogP contribution in [0.25, 0.3) is 4.48 Å². The average molecular weight is 289 g/mol. The van der Waals surface area contributed by atoms with Crippen molar-refractivity contribution in [1.29, 1.82) is 5.26 Å². The van der Waals surface area contributed by atoms with Crippen LogP contribution >= 0.6 is 15.9 Å². The Morgan fingerprint density at radius 2 is 2.18 bits per heavy atom. The fourth-order valence-corrected chi connectivity index (χ4v) is 2.60. The van der Waals surface area contributed by atoms with Gasteiger partial charge in [0.2, 0.25) is 0 Å². The summed E-state index contributed by atoms with van der Waals surface area (Å²) in [6, 6.07) is 10.5.